The number of hydrogen-bond acceptors (Lipinski definition) is 7. The Morgan fingerprint density at radius 2 is 1.85 bits per heavy atom. The van der Waals surface area contributed by atoms with E-state index in [4.69, 9.17) is 5.11 Å². The summed E-state index contributed by atoms with van der Waals surface area (Å²) in [5.74, 6) is 1.01. The highest BCUT2D eigenvalue weighted by molar-refractivity contribution is 5.77. The van der Waals surface area contributed by atoms with Gasteiger partial charge in [-0.3, -0.25) is 9.36 Å². The minimum atomic E-state index is -1.17. The molecule has 1 amide bonds. The molecule has 1 aliphatic carbocycles. The van der Waals surface area contributed by atoms with Crippen molar-refractivity contribution in [2.24, 2.45) is 0 Å². The lowest BCUT2D eigenvalue weighted by atomic mass is 10.1. The number of anilines is 3. The second-order valence-corrected chi connectivity index (χ2v) is 8.99. The standard InChI is InChI=1S/C24H29N7O3/c32-22-17(14-27-24(33)34)12-16-13-26-23(29-21(16)31(22)18-6-2-3-7-18)28-20-9-8-19(15-25-20)30-10-4-1-5-11-30/h8-9,12-13,15,18,27H,1-7,10-11,14H2,(H,33,34)(H,25,26,28,29). The van der Waals surface area contributed by atoms with Gasteiger partial charge in [-0.15, -0.1) is 0 Å². The van der Waals surface area contributed by atoms with Gasteiger partial charge in [0.05, 0.1) is 18.4 Å². The van der Waals surface area contributed by atoms with Gasteiger partial charge in [0, 0.05) is 36.3 Å². The molecule has 3 N–H and O–H groups in total. The van der Waals surface area contributed by atoms with Crippen LogP contribution in [0, 0.1) is 0 Å². The molecule has 34 heavy (non-hydrogen) atoms. The Hall–Kier alpha value is -3.69. The average Bonchev–Trinajstić information content (AvgIpc) is 3.38. The molecular formula is C24H29N7O3. The highest BCUT2D eigenvalue weighted by atomic mass is 16.4. The molecule has 0 atom stereocenters. The third kappa shape index (κ3) is 4.66. The van der Waals surface area contributed by atoms with Crippen molar-refractivity contribution in [3.63, 3.8) is 0 Å². The number of pyridine rings is 2. The van der Waals surface area contributed by atoms with Crippen LogP contribution in [0.25, 0.3) is 11.0 Å². The predicted octanol–water partition coefficient (Wildman–Crippen LogP) is 3.80. The van der Waals surface area contributed by atoms with Crippen LogP contribution in [0.2, 0.25) is 0 Å². The molecule has 4 heterocycles. The second kappa shape index (κ2) is 9.66. The Morgan fingerprint density at radius 1 is 1.06 bits per heavy atom. The molecular weight excluding hydrogens is 434 g/mol. The van der Waals surface area contributed by atoms with Crippen LogP contribution in [-0.2, 0) is 6.54 Å². The zero-order valence-electron chi connectivity index (χ0n) is 19.0. The average molecular weight is 464 g/mol. The van der Waals surface area contributed by atoms with Crippen molar-refractivity contribution in [3.8, 4) is 0 Å². The molecule has 1 saturated heterocycles. The Morgan fingerprint density at radius 3 is 2.56 bits per heavy atom. The highest BCUT2D eigenvalue weighted by Gasteiger charge is 2.23. The summed E-state index contributed by atoms with van der Waals surface area (Å²) >= 11 is 0. The lowest BCUT2D eigenvalue weighted by molar-refractivity contribution is 0.194. The maximum Gasteiger partial charge on any atom is 0.404 e. The Bertz CT molecular complexity index is 1230. The number of fused-ring (bicyclic) bond motifs is 1. The van der Waals surface area contributed by atoms with Crippen molar-refractivity contribution in [1.82, 2.24) is 24.8 Å². The lowest BCUT2D eigenvalue weighted by Crippen LogP contribution is -2.31. The van der Waals surface area contributed by atoms with Crippen LogP contribution in [-0.4, -0.2) is 43.8 Å². The number of aromatic nitrogens is 4. The number of hydrogen-bond donors (Lipinski definition) is 3. The van der Waals surface area contributed by atoms with E-state index in [-0.39, 0.29) is 18.1 Å². The summed E-state index contributed by atoms with van der Waals surface area (Å²) < 4.78 is 1.72. The Balaban J connectivity index is 1.44. The van der Waals surface area contributed by atoms with E-state index in [9.17, 15) is 9.59 Å². The number of piperidine rings is 1. The van der Waals surface area contributed by atoms with Crippen molar-refractivity contribution in [2.45, 2.75) is 57.5 Å². The van der Waals surface area contributed by atoms with Crippen LogP contribution >= 0.6 is 0 Å². The Kier molecular flexibility index (Phi) is 6.29. The van der Waals surface area contributed by atoms with E-state index in [1.54, 1.807) is 16.8 Å². The quantitative estimate of drug-likeness (QED) is 0.504. The monoisotopic (exact) mass is 463 g/mol. The number of carbonyl (C=O) groups is 1. The number of nitrogens with one attached hydrogen (secondary N) is 2. The summed E-state index contributed by atoms with van der Waals surface area (Å²) in [5.41, 5.74) is 1.85. The van der Waals surface area contributed by atoms with Crippen molar-refractivity contribution in [1.29, 1.82) is 0 Å². The van der Waals surface area contributed by atoms with Gasteiger partial charge in [0.2, 0.25) is 5.95 Å². The topological polar surface area (TPSA) is 125 Å². The fourth-order valence-corrected chi connectivity index (χ4v) is 4.95. The molecule has 0 radical (unpaired) electrons. The highest BCUT2D eigenvalue weighted by Crippen LogP contribution is 2.31. The Labute approximate surface area is 197 Å². The fourth-order valence-electron chi connectivity index (χ4n) is 4.95. The van der Waals surface area contributed by atoms with E-state index < -0.39 is 6.09 Å². The van der Waals surface area contributed by atoms with E-state index in [1.165, 1.54) is 19.3 Å². The molecule has 0 aromatic carbocycles. The first kappa shape index (κ1) is 22.1. The smallest absolute Gasteiger partial charge is 0.404 e. The molecule has 3 aromatic heterocycles. The molecule has 0 unspecified atom stereocenters. The SMILES string of the molecule is O=C(O)NCc1cc2cnc(Nc3ccc(N4CCCCC4)cn3)nc2n(C2CCCC2)c1=O. The van der Waals surface area contributed by atoms with Crippen LogP contribution in [0.3, 0.4) is 0 Å². The van der Waals surface area contributed by atoms with Crippen LogP contribution < -0.4 is 21.1 Å². The number of amides is 1. The van der Waals surface area contributed by atoms with E-state index in [1.807, 2.05) is 12.3 Å². The first-order chi connectivity index (χ1) is 16.6. The zero-order chi connectivity index (χ0) is 23.5. The van der Waals surface area contributed by atoms with E-state index >= 15 is 0 Å². The van der Waals surface area contributed by atoms with Gasteiger partial charge < -0.3 is 20.6 Å². The van der Waals surface area contributed by atoms with Crippen LogP contribution in [0.15, 0.2) is 35.4 Å². The second-order valence-electron chi connectivity index (χ2n) is 8.99. The summed E-state index contributed by atoms with van der Waals surface area (Å²) in [4.78, 5) is 40.2. The minimum Gasteiger partial charge on any atom is -0.465 e. The third-order valence-electron chi connectivity index (χ3n) is 6.68. The summed E-state index contributed by atoms with van der Waals surface area (Å²) in [6.07, 6.45) is 9.98. The molecule has 3 aromatic rings. The molecule has 5 rings (SSSR count). The summed E-state index contributed by atoms with van der Waals surface area (Å²) in [6, 6.07) is 5.69. The number of nitrogens with zero attached hydrogens (tertiary/aromatic N) is 5. The molecule has 2 fully saturated rings. The van der Waals surface area contributed by atoms with Gasteiger partial charge in [-0.1, -0.05) is 12.8 Å². The lowest BCUT2D eigenvalue weighted by Gasteiger charge is -2.28. The third-order valence-corrected chi connectivity index (χ3v) is 6.68. The molecule has 10 heteroatoms. The van der Waals surface area contributed by atoms with Gasteiger partial charge in [0.15, 0.2) is 0 Å². The molecule has 2 aliphatic rings. The fraction of sp³-hybridized carbons (Fsp3) is 0.458. The van der Waals surface area contributed by atoms with Gasteiger partial charge in [0.1, 0.15) is 11.5 Å². The van der Waals surface area contributed by atoms with Gasteiger partial charge in [-0.05, 0) is 50.3 Å². The molecule has 0 bridgehead atoms. The van der Waals surface area contributed by atoms with E-state index in [2.05, 4.69) is 36.6 Å². The minimum absolute atomic E-state index is 0.0458. The van der Waals surface area contributed by atoms with Crippen LogP contribution in [0.4, 0.5) is 22.2 Å². The van der Waals surface area contributed by atoms with Gasteiger partial charge in [-0.25, -0.2) is 14.8 Å². The normalized spacial score (nSPS) is 16.6. The first-order valence-corrected chi connectivity index (χ1v) is 11.9. The van der Waals surface area contributed by atoms with Crippen molar-refractivity contribution in [3.05, 3.63) is 46.5 Å². The van der Waals surface area contributed by atoms with E-state index in [0.717, 1.165) is 44.5 Å². The number of rotatable bonds is 6. The number of carboxylic acid groups (broad SMARTS) is 1. The molecule has 0 spiro atoms. The van der Waals surface area contributed by atoms with Crippen LogP contribution in [0.5, 0.6) is 0 Å². The van der Waals surface area contributed by atoms with Gasteiger partial charge >= 0.3 is 6.09 Å². The zero-order valence-corrected chi connectivity index (χ0v) is 19.0. The maximum atomic E-state index is 13.3. The summed E-state index contributed by atoms with van der Waals surface area (Å²) in [5, 5.41) is 15.1. The molecule has 178 valence electrons. The van der Waals surface area contributed by atoms with E-state index in [0.29, 0.717) is 28.4 Å². The maximum absolute atomic E-state index is 13.3. The summed E-state index contributed by atoms with van der Waals surface area (Å²) in [6.45, 7) is 2.07. The van der Waals surface area contributed by atoms with Gasteiger partial charge in [-0.2, -0.15) is 4.98 Å². The first-order valence-electron chi connectivity index (χ1n) is 11.9. The van der Waals surface area contributed by atoms with Gasteiger partial charge in [0.25, 0.3) is 5.56 Å². The van der Waals surface area contributed by atoms with Crippen molar-refractivity contribution in [2.75, 3.05) is 23.3 Å². The molecule has 1 saturated carbocycles. The predicted molar refractivity (Wildman–Crippen MR) is 130 cm³/mol. The van der Waals surface area contributed by atoms with Crippen LogP contribution in [0.1, 0.15) is 56.6 Å². The molecule has 1 aliphatic heterocycles. The summed E-state index contributed by atoms with van der Waals surface area (Å²) in [7, 11) is 0. The molecule has 10 nitrogen and oxygen atoms in total. The largest absolute Gasteiger partial charge is 0.465 e. The van der Waals surface area contributed by atoms with Crippen molar-refractivity contribution >= 4 is 34.6 Å². The van der Waals surface area contributed by atoms with Crippen molar-refractivity contribution < 1.29 is 9.90 Å².